The fraction of sp³-hybridized carbons (Fsp3) is 0.500. The lowest BCUT2D eigenvalue weighted by Crippen LogP contribution is -2.31. The Balaban J connectivity index is 1.93. The number of phenols is 1. The monoisotopic (exact) mass is 383 g/mol. The van der Waals surface area contributed by atoms with Gasteiger partial charge in [0.15, 0.2) is 0 Å². The topological polar surface area (TPSA) is 23.5 Å². The maximum atomic E-state index is 10.6. The molecule has 1 atom stereocenters. The van der Waals surface area contributed by atoms with Crippen LogP contribution in [-0.4, -0.2) is 23.1 Å². The SMILES string of the molecule is CCC(CC)(Pc1ccc(C)cc1CN1CCCCC1)c1ccccc1O. The van der Waals surface area contributed by atoms with Crippen LogP contribution in [0, 0.1) is 6.92 Å². The number of para-hydroxylation sites is 1. The zero-order valence-electron chi connectivity index (χ0n) is 17.1. The molecular formula is C24H34NOP. The van der Waals surface area contributed by atoms with Crippen LogP contribution in [0.3, 0.4) is 0 Å². The van der Waals surface area contributed by atoms with Crippen molar-refractivity contribution in [3.8, 4) is 5.75 Å². The number of benzene rings is 2. The van der Waals surface area contributed by atoms with E-state index in [4.69, 9.17) is 0 Å². The van der Waals surface area contributed by atoms with Gasteiger partial charge in [0.25, 0.3) is 0 Å². The summed E-state index contributed by atoms with van der Waals surface area (Å²) in [6, 6.07) is 14.9. The number of hydrogen-bond acceptors (Lipinski definition) is 2. The Morgan fingerprint density at radius 1 is 1.00 bits per heavy atom. The Kier molecular flexibility index (Phi) is 6.95. The van der Waals surface area contributed by atoms with E-state index in [0.29, 0.717) is 14.3 Å². The second-order valence-electron chi connectivity index (χ2n) is 7.93. The zero-order chi connectivity index (χ0) is 19.3. The maximum absolute atomic E-state index is 10.6. The second-order valence-corrected chi connectivity index (χ2v) is 9.67. The maximum Gasteiger partial charge on any atom is 0.119 e. The van der Waals surface area contributed by atoms with Crippen molar-refractivity contribution in [1.82, 2.24) is 4.90 Å². The molecule has 0 amide bonds. The number of aromatic hydroxyl groups is 1. The lowest BCUT2D eigenvalue weighted by atomic mass is 9.92. The fourth-order valence-electron chi connectivity index (χ4n) is 4.34. The van der Waals surface area contributed by atoms with E-state index in [0.717, 1.165) is 24.9 Å². The molecule has 1 fully saturated rings. The zero-order valence-corrected chi connectivity index (χ0v) is 18.1. The number of hydrogen-bond donors (Lipinski definition) is 1. The van der Waals surface area contributed by atoms with Crippen molar-refractivity contribution in [2.75, 3.05) is 13.1 Å². The lowest BCUT2D eigenvalue weighted by molar-refractivity contribution is 0.221. The van der Waals surface area contributed by atoms with Gasteiger partial charge >= 0.3 is 0 Å². The summed E-state index contributed by atoms with van der Waals surface area (Å²) >= 11 is 0. The van der Waals surface area contributed by atoms with E-state index in [9.17, 15) is 5.11 Å². The summed E-state index contributed by atoms with van der Waals surface area (Å²) in [5, 5.41) is 12.0. The summed E-state index contributed by atoms with van der Waals surface area (Å²) in [7, 11) is 0.669. The molecule has 3 heteroatoms. The van der Waals surface area contributed by atoms with Gasteiger partial charge in [-0.3, -0.25) is 4.90 Å². The first kappa shape index (κ1) is 20.4. The van der Waals surface area contributed by atoms with Crippen LogP contribution >= 0.6 is 8.58 Å². The van der Waals surface area contributed by atoms with Crippen molar-refractivity contribution in [2.45, 2.75) is 64.6 Å². The van der Waals surface area contributed by atoms with Crippen molar-refractivity contribution < 1.29 is 5.11 Å². The molecule has 1 aliphatic heterocycles. The Morgan fingerprint density at radius 3 is 2.37 bits per heavy atom. The van der Waals surface area contributed by atoms with Gasteiger partial charge in [0.1, 0.15) is 5.75 Å². The molecule has 2 aromatic rings. The van der Waals surface area contributed by atoms with E-state index >= 15 is 0 Å². The number of rotatable bonds is 7. The van der Waals surface area contributed by atoms with Crippen LogP contribution < -0.4 is 5.30 Å². The van der Waals surface area contributed by atoms with Crippen molar-refractivity contribution in [1.29, 1.82) is 0 Å². The minimum Gasteiger partial charge on any atom is -0.508 e. The summed E-state index contributed by atoms with van der Waals surface area (Å²) < 4.78 is 0. The normalized spacial score (nSPS) is 16.3. The van der Waals surface area contributed by atoms with E-state index in [2.05, 4.69) is 56.0 Å². The molecule has 2 aromatic carbocycles. The van der Waals surface area contributed by atoms with Crippen LogP contribution in [-0.2, 0) is 11.7 Å². The number of aryl methyl sites for hydroxylation is 1. The highest BCUT2D eigenvalue weighted by Gasteiger charge is 2.32. The highest BCUT2D eigenvalue weighted by Crippen LogP contribution is 2.50. The minimum atomic E-state index is 0.0112. The summed E-state index contributed by atoms with van der Waals surface area (Å²) in [5.74, 6) is 0.443. The molecule has 1 saturated heterocycles. The van der Waals surface area contributed by atoms with Gasteiger partial charge in [-0.2, -0.15) is 0 Å². The van der Waals surface area contributed by atoms with Gasteiger partial charge < -0.3 is 5.11 Å². The first-order valence-electron chi connectivity index (χ1n) is 10.5. The minimum absolute atomic E-state index is 0.0112. The second kappa shape index (κ2) is 9.22. The average molecular weight is 384 g/mol. The molecule has 146 valence electrons. The Morgan fingerprint density at radius 2 is 1.70 bits per heavy atom. The van der Waals surface area contributed by atoms with Gasteiger partial charge in [-0.15, -0.1) is 0 Å². The van der Waals surface area contributed by atoms with E-state index in [1.165, 1.54) is 48.8 Å². The number of likely N-dealkylation sites (tertiary alicyclic amines) is 1. The molecule has 2 nitrogen and oxygen atoms in total. The molecule has 0 spiro atoms. The number of phenolic OH excluding ortho intramolecular Hbond substituents is 1. The fourth-order valence-corrected chi connectivity index (χ4v) is 6.04. The average Bonchev–Trinajstić information content (AvgIpc) is 2.69. The summed E-state index contributed by atoms with van der Waals surface area (Å²) in [6.07, 6.45) is 6.11. The predicted molar refractivity (Wildman–Crippen MR) is 119 cm³/mol. The van der Waals surface area contributed by atoms with Gasteiger partial charge in [-0.25, -0.2) is 0 Å². The van der Waals surface area contributed by atoms with E-state index in [-0.39, 0.29) is 5.16 Å². The molecular weight excluding hydrogens is 349 g/mol. The van der Waals surface area contributed by atoms with Crippen molar-refractivity contribution in [2.24, 2.45) is 0 Å². The van der Waals surface area contributed by atoms with Crippen LogP contribution in [0.4, 0.5) is 0 Å². The van der Waals surface area contributed by atoms with Gasteiger partial charge in [-0.05, 0) is 62.6 Å². The Hall–Kier alpha value is -1.37. The standard InChI is InChI=1S/C24H34NOP/c1-4-24(5-2,21-11-7-8-12-22(21)26)27-23-14-13-19(3)17-20(23)18-25-15-9-6-10-16-25/h7-8,11-14,17,26-27H,4-6,9-10,15-16,18H2,1-3H3. The quantitative estimate of drug-likeness (QED) is 0.620. The number of piperidine rings is 1. The van der Waals surface area contributed by atoms with Crippen LogP contribution in [0.15, 0.2) is 42.5 Å². The van der Waals surface area contributed by atoms with Crippen LogP contribution in [0.1, 0.15) is 62.6 Å². The number of nitrogens with zero attached hydrogens (tertiary/aromatic N) is 1. The van der Waals surface area contributed by atoms with Crippen LogP contribution in [0.25, 0.3) is 0 Å². The molecule has 0 aliphatic carbocycles. The first-order chi connectivity index (χ1) is 13.1. The largest absolute Gasteiger partial charge is 0.508 e. The summed E-state index contributed by atoms with van der Waals surface area (Å²) in [4.78, 5) is 2.62. The third-order valence-corrected chi connectivity index (χ3v) is 8.32. The van der Waals surface area contributed by atoms with Gasteiger partial charge in [0.05, 0.1) is 0 Å². The predicted octanol–water partition coefficient (Wildman–Crippen LogP) is 5.71. The molecule has 0 radical (unpaired) electrons. The van der Waals surface area contributed by atoms with Gasteiger partial charge in [-0.1, -0.05) is 70.8 Å². The molecule has 0 saturated carbocycles. The molecule has 0 bridgehead atoms. The Labute approximate surface area is 166 Å². The van der Waals surface area contributed by atoms with Crippen molar-refractivity contribution in [3.63, 3.8) is 0 Å². The summed E-state index contributed by atoms with van der Waals surface area (Å²) in [6.45, 7) is 10.2. The summed E-state index contributed by atoms with van der Waals surface area (Å²) in [5.41, 5.74) is 3.94. The van der Waals surface area contributed by atoms with Gasteiger partial charge in [0.2, 0.25) is 0 Å². The van der Waals surface area contributed by atoms with Crippen LogP contribution in [0.5, 0.6) is 5.75 Å². The molecule has 1 aliphatic rings. The molecule has 0 aromatic heterocycles. The van der Waals surface area contributed by atoms with Crippen LogP contribution in [0.2, 0.25) is 0 Å². The molecule has 27 heavy (non-hydrogen) atoms. The molecule has 1 N–H and O–H groups in total. The van der Waals surface area contributed by atoms with E-state index in [1.807, 2.05) is 12.1 Å². The third-order valence-electron chi connectivity index (χ3n) is 6.10. The molecule has 1 unspecified atom stereocenters. The highest BCUT2D eigenvalue weighted by atomic mass is 31.1. The first-order valence-corrected chi connectivity index (χ1v) is 11.5. The third kappa shape index (κ3) is 4.73. The van der Waals surface area contributed by atoms with Crippen molar-refractivity contribution in [3.05, 3.63) is 59.2 Å². The Bertz CT molecular complexity index is 748. The highest BCUT2D eigenvalue weighted by molar-refractivity contribution is 7.48. The van der Waals surface area contributed by atoms with Gasteiger partial charge in [0, 0.05) is 17.3 Å². The smallest absolute Gasteiger partial charge is 0.119 e. The molecule has 3 rings (SSSR count). The molecule has 1 heterocycles. The van der Waals surface area contributed by atoms with E-state index < -0.39 is 0 Å². The van der Waals surface area contributed by atoms with E-state index in [1.54, 1.807) is 0 Å². The van der Waals surface area contributed by atoms with Crippen molar-refractivity contribution >= 4 is 13.9 Å². The lowest BCUT2D eigenvalue weighted by Gasteiger charge is -2.35.